The van der Waals surface area contributed by atoms with Crippen molar-refractivity contribution in [3.63, 3.8) is 0 Å². The number of nitrogens with zero attached hydrogens (tertiary/aromatic N) is 1. The minimum absolute atomic E-state index is 0.166. The van der Waals surface area contributed by atoms with Crippen LogP contribution in [0, 0.1) is 0 Å². The van der Waals surface area contributed by atoms with Crippen molar-refractivity contribution in [3.05, 3.63) is 89.4 Å². The Morgan fingerprint density at radius 2 is 1.63 bits per heavy atom. The third kappa shape index (κ3) is 4.10. The van der Waals surface area contributed by atoms with Crippen LogP contribution < -0.4 is 9.04 Å². The fourth-order valence-electron chi connectivity index (χ4n) is 2.92. The number of ether oxygens (including phenoxy) is 1. The molecule has 3 aromatic rings. The number of hydrogen-bond donors (Lipinski definition) is 0. The molecule has 0 spiro atoms. The number of benzene rings is 3. The maximum Gasteiger partial charge on any atom is 0.265 e. The van der Waals surface area contributed by atoms with E-state index in [2.05, 4.69) is 0 Å². The van der Waals surface area contributed by atoms with E-state index in [-0.39, 0.29) is 4.90 Å². The lowest BCUT2D eigenvalue weighted by atomic mass is 10.1. The Kier molecular flexibility index (Phi) is 5.73. The maximum absolute atomic E-state index is 13.5. The number of para-hydroxylation sites is 1. The Bertz CT molecular complexity index is 1020. The Balaban J connectivity index is 2.15. The Morgan fingerprint density at radius 1 is 0.926 bits per heavy atom. The molecule has 3 rings (SSSR count). The molecule has 1 unspecified atom stereocenters. The van der Waals surface area contributed by atoms with Gasteiger partial charge in [-0.1, -0.05) is 48.0 Å². The standard InChI is InChI=1S/C21H20ClNO3S/c1-16(17-8-6-9-18(22)14-17)23(19-10-4-3-5-11-19)27(24,25)21-13-7-12-20(15-21)26-2/h3-16H,1-2H3. The second kappa shape index (κ2) is 8.03. The fourth-order valence-corrected chi connectivity index (χ4v) is 4.80. The number of anilines is 1. The van der Waals surface area contributed by atoms with Gasteiger partial charge in [0.15, 0.2) is 0 Å². The average molecular weight is 402 g/mol. The molecule has 0 saturated carbocycles. The molecule has 6 heteroatoms. The first-order valence-electron chi connectivity index (χ1n) is 8.42. The molecule has 4 nitrogen and oxygen atoms in total. The highest BCUT2D eigenvalue weighted by molar-refractivity contribution is 7.92. The third-order valence-corrected chi connectivity index (χ3v) is 6.42. The van der Waals surface area contributed by atoms with Gasteiger partial charge in [0.25, 0.3) is 10.0 Å². The number of hydrogen-bond acceptors (Lipinski definition) is 3. The van der Waals surface area contributed by atoms with Gasteiger partial charge in [-0.3, -0.25) is 4.31 Å². The largest absolute Gasteiger partial charge is 0.497 e. The van der Waals surface area contributed by atoms with Gasteiger partial charge < -0.3 is 4.74 Å². The van der Waals surface area contributed by atoms with Gasteiger partial charge in [0, 0.05) is 11.1 Å². The summed E-state index contributed by atoms with van der Waals surface area (Å²) >= 11 is 6.13. The van der Waals surface area contributed by atoms with Crippen LogP contribution in [0.15, 0.2) is 83.8 Å². The number of rotatable bonds is 6. The lowest BCUT2D eigenvalue weighted by Crippen LogP contribution is -2.33. The molecule has 0 saturated heterocycles. The fraction of sp³-hybridized carbons (Fsp3) is 0.143. The quantitative estimate of drug-likeness (QED) is 0.562. The van der Waals surface area contributed by atoms with Crippen LogP contribution in [0.25, 0.3) is 0 Å². The van der Waals surface area contributed by atoms with Crippen LogP contribution in [0.1, 0.15) is 18.5 Å². The van der Waals surface area contributed by atoms with Crippen molar-refractivity contribution in [1.29, 1.82) is 0 Å². The molecule has 0 heterocycles. The van der Waals surface area contributed by atoms with Crippen molar-refractivity contribution in [3.8, 4) is 5.75 Å². The zero-order valence-corrected chi connectivity index (χ0v) is 16.6. The van der Waals surface area contributed by atoms with Crippen LogP contribution in [-0.4, -0.2) is 15.5 Å². The second-order valence-electron chi connectivity index (χ2n) is 6.05. The van der Waals surface area contributed by atoms with E-state index < -0.39 is 16.1 Å². The van der Waals surface area contributed by atoms with Gasteiger partial charge in [0.1, 0.15) is 5.75 Å². The van der Waals surface area contributed by atoms with Crippen LogP contribution in [-0.2, 0) is 10.0 Å². The SMILES string of the molecule is COc1cccc(S(=O)(=O)N(c2ccccc2)C(C)c2cccc(Cl)c2)c1. The predicted octanol–water partition coefficient (Wildman–Crippen LogP) is 5.31. The highest BCUT2D eigenvalue weighted by Crippen LogP contribution is 2.34. The van der Waals surface area contributed by atoms with Gasteiger partial charge >= 0.3 is 0 Å². The highest BCUT2D eigenvalue weighted by Gasteiger charge is 2.30. The van der Waals surface area contributed by atoms with Crippen LogP contribution in [0.5, 0.6) is 5.75 Å². The molecule has 0 aliphatic heterocycles. The van der Waals surface area contributed by atoms with E-state index in [1.807, 2.05) is 37.3 Å². The normalized spacial score (nSPS) is 12.4. The maximum atomic E-state index is 13.5. The molecule has 27 heavy (non-hydrogen) atoms. The topological polar surface area (TPSA) is 46.6 Å². The van der Waals surface area contributed by atoms with Gasteiger partial charge in [-0.25, -0.2) is 8.42 Å². The molecule has 0 aromatic heterocycles. The Labute approximate surface area is 165 Å². The lowest BCUT2D eigenvalue weighted by Gasteiger charge is -2.31. The monoisotopic (exact) mass is 401 g/mol. The van der Waals surface area contributed by atoms with E-state index in [0.717, 1.165) is 5.56 Å². The summed E-state index contributed by atoms with van der Waals surface area (Å²) in [6, 6.07) is 22.3. The minimum Gasteiger partial charge on any atom is -0.497 e. The molecule has 0 aliphatic rings. The summed E-state index contributed by atoms with van der Waals surface area (Å²) in [7, 11) is -2.33. The van der Waals surface area contributed by atoms with Crippen LogP contribution in [0.3, 0.4) is 0 Å². The molecular weight excluding hydrogens is 382 g/mol. The van der Waals surface area contributed by atoms with E-state index in [1.165, 1.54) is 17.5 Å². The van der Waals surface area contributed by atoms with Crippen molar-refractivity contribution in [2.45, 2.75) is 17.9 Å². The van der Waals surface area contributed by atoms with Crippen LogP contribution >= 0.6 is 11.6 Å². The molecule has 0 bridgehead atoms. The Hall–Kier alpha value is -2.50. The molecular formula is C21H20ClNO3S. The lowest BCUT2D eigenvalue weighted by molar-refractivity contribution is 0.413. The van der Waals surface area contributed by atoms with Crippen molar-refractivity contribution >= 4 is 27.3 Å². The van der Waals surface area contributed by atoms with Gasteiger partial charge in [-0.05, 0) is 48.9 Å². The zero-order chi connectivity index (χ0) is 19.4. The molecule has 3 aromatic carbocycles. The van der Waals surface area contributed by atoms with E-state index in [9.17, 15) is 8.42 Å². The van der Waals surface area contributed by atoms with Crippen molar-refractivity contribution < 1.29 is 13.2 Å². The summed E-state index contributed by atoms with van der Waals surface area (Å²) in [5.74, 6) is 0.486. The number of methoxy groups -OCH3 is 1. The molecule has 0 radical (unpaired) electrons. The molecule has 0 N–H and O–H groups in total. The first-order valence-corrected chi connectivity index (χ1v) is 10.2. The van der Waals surface area contributed by atoms with Gasteiger partial charge in [-0.15, -0.1) is 0 Å². The predicted molar refractivity (Wildman–Crippen MR) is 109 cm³/mol. The second-order valence-corrected chi connectivity index (χ2v) is 8.30. The van der Waals surface area contributed by atoms with Gasteiger partial charge in [0.05, 0.1) is 23.7 Å². The number of halogens is 1. The van der Waals surface area contributed by atoms with Gasteiger partial charge in [0.2, 0.25) is 0 Å². The molecule has 0 fully saturated rings. The smallest absolute Gasteiger partial charge is 0.265 e. The summed E-state index contributed by atoms with van der Waals surface area (Å²) in [4.78, 5) is 0.166. The van der Waals surface area contributed by atoms with E-state index in [0.29, 0.717) is 16.5 Å². The third-order valence-electron chi connectivity index (χ3n) is 4.29. The highest BCUT2D eigenvalue weighted by atomic mass is 35.5. The van der Waals surface area contributed by atoms with Crippen LogP contribution in [0.4, 0.5) is 5.69 Å². The van der Waals surface area contributed by atoms with Crippen molar-refractivity contribution in [1.82, 2.24) is 0 Å². The Morgan fingerprint density at radius 3 is 2.30 bits per heavy atom. The molecule has 0 aliphatic carbocycles. The minimum atomic E-state index is -3.84. The summed E-state index contributed by atoms with van der Waals surface area (Å²) in [5, 5.41) is 0.561. The summed E-state index contributed by atoms with van der Waals surface area (Å²) in [5.41, 5.74) is 1.38. The first kappa shape index (κ1) is 19.3. The van der Waals surface area contributed by atoms with E-state index in [1.54, 1.807) is 42.5 Å². The number of sulfonamides is 1. The summed E-state index contributed by atoms with van der Waals surface area (Å²) in [6.45, 7) is 1.84. The van der Waals surface area contributed by atoms with Crippen molar-refractivity contribution in [2.75, 3.05) is 11.4 Å². The molecule has 0 amide bonds. The first-order chi connectivity index (χ1) is 12.9. The van der Waals surface area contributed by atoms with Crippen LogP contribution in [0.2, 0.25) is 5.02 Å². The summed E-state index contributed by atoms with van der Waals surface area (Å²) < 4.78 is 33.7. The summed E-state index contributed by atoms with van der Waals surface area (Å²) in [6.07, 6.45) is 0. The van der Waals surface area contributed by atoms with E-state index >= 15 is 0 Å². The average Bonchev–Trinajstić information content (AvgIpc) is 2.69. The van der Waals surface area contributed by atoms with Gasteiger partial charge in [-0.2, -0.15) is 0 Å². The van der Waals surface area contributed by atoms with E-state index in [4.69, 9.17) is 16.3 Å². The zero-order valence-electron chi connectivity index (χ0n) is 15.0. The van der Waals surface area contributed by atoms with Crippen molar-refractivity contribution in [2.24, 2.45) is 0 Å². The molecule has 140 valence electrons. The molecule has 1 atom stereocenters.